The van der Waals surface area contributed by atoms with Gasteiger partial charge in [0.05, 0.1) is 5.75 Å². The molecular formula is C15H24N2O3S. The Hall–Kier alpha value is -1.11. The molecule has 21 heavy (non-hydrogen) atoms. The van der Waals surface area contributed by atoms with E-state index >= 15 is 0 Å². The second kappa shape index (κ2) is 7.24. The molecule has 0 aliphatic carbocycles. The summed E-state index contributed by atoms with van der Waals surface area (Å²) in [6, 6.07) is 9.32. The first-order valence-electron chi connectivity index (χ1n) is 7.35. The van der Waals surface area contributed by atoms with Gasteiger partial charge in [-0.1, -0.05) is 18.2 Å². The van der Waals surface area contributed by atoms with Crippen LogP contribution in [0.25, 0.3) is 0 Å². The van der Waals surface area contributed by atoms with E-state index < -0.39 is 10.0 Å². The van der Waals surface area contributed by atoms with Crippen LogP contribution in [0, 0.1) is 0 Å². The zero-order valence-corrected chi connectivity index (χ0v) is 13.6. The topological polar surface area (TPSA) is 49.9 Å². The number of rotatable bonds is 5. The molecule has 0 bridgehead atoms. The minimum Gasteiger partial charge on any atom is -0.492 e. The first-order valence-corrected chi connectivity index (χ1v) is 8.96. The highest BCUT2D eigenvalue weighted by Gasteiger charge is 2.29. The van der Waals surface area contributed by atoms with Crippen molar-refractivity contribution in [2.45, 2.75) is 19.4 Å². The van der Waals surface area contributed by atoms with Crippen LogP contribution in [0.15, 0.2) is 30.3 Å². The molecule has 1 heterocycles. The Morgan fingerprint density at radius 3 is 2.67 bits per heavy atom. The molecule has 1 aliphatic heterocycles. The fourth-order valence-electron chi connectivity index (χ4n) is 2.66. The Bertz CT molecular complexity index is 533. The number of hydrogen-bond donors (Lipinski definition) is 0. The van der Waals surface area contributed by atoms with E-state index in [9.17, 15) is 8.42 Å². The lowest BCUT2D eigenvalue weighted by Gasteiger charge is -2.27. The van der Waals surface area contributed by atoms with Crippen molar-refractivity contribution in [3.63, 3.8) is 0 Å². The van der Waals surface area contributed by atoms with E-state index in [1.54, 1.807) is 4.31 Å². The summed E-state index contributed by atoms with van der Waals surface area (Å²) < 4.78 is 32.1. The van der Waals surface area contributed by atoms with E-state index in [4.69, 9.17) is 4.74 Å². The van der Waals surface area contributed by atoms with Crippen LogP contribution < -0.4 is 4.74 Å². The van der Waals surface area contributed by atoms with Crippen molar-refractivity contribution in [3.05, 3.63) is 30.3 Å². The highest BCUT2D eigenvalue weighted by molar-refractivity contribution is 7.89. The molecule has 1 saturated heterocycles. The highest BCUT2D eigenvalue weighted by Crippen LogP contribution is 2.15. The fraction of sp³-hybridized carbons (Fsp3) is 0.600. The van der Waals surface area contributed by atoms with Crippen molar-refractivity contribution < 1.29 is 13.2 Å². The van der Waals surface area contributed by atoms with E-state index in [0.717, 1.165) is 19.5 Å². The van der Waals surface area contributed by atoms with Crippen LogP contribution in [0.1, 0.15) is 13.3 Å². The molecule has 0 N–H and O–H groups in total. The third-order valence-corrected chi connectivity index (χ3v) is 5.64. The molecule has 0 spiro atoms. The molecule has 2 rings (SSSR count). The molecule has 5 nitrogen and oxygen atoms in total. The summed E-state index contributed by atoms with van der Waals surface area (Å²) in [6.45, 7) is 4.47. The van der Waals surface area contributed by atoms with Crippen LogP contribution in [-0.4, -0.2) is 62.7 Å². The number of nitrogens with zero attached hydrogens (tertiary/aromatic N) is 2. The Morgan fingerprint density at radius 1 is 1.24 bits per heavy atom. The molecular weight excluding hydrogens is 288 g/mol. The Balaban J connectivity index is 1.91. The third-order valence-electron chi connectivity index (χ3n) is 3.70. The van der Waals surface area contributed by atoms with Crippen LogP contribution in [0.2, 0.25) is 0 Å². The van der Waals surface area contributed by atoms with Gasteiger partial charge in [-0.05, 0) is 39.1 Å². The van der Waals surface area contributed by atoms with Gasteiger partial charge >= 0.3 is 0 Å². The van der Waals surface area contributed by atoms with E-state index in [1.807, 2.05) is 44.3 Å². The first-order chi connectivity index (χ1) is 9.99. The SMILES string of the molecule is CC1CN(C)CCCN1S(=O)(=O)CCOc1ccccc1. The van der Waals surface area contributed by atoms with Gasteiger partial charge in [-0.25, -0.2) is 8.42 Å². The van der Waals surface area contributed by atoms with Crippen LogP contribution in [0.3, 0.4) is 0 Å². The summed E-state index contributed by atoms with van der Waals surface area (Å²) in [6.07, 6.45) is 0.875. The van der Waals surface area contributed by atoms with Gasteiger partial charge in [0.2, 0.25) is 10.0 Å². The summed E-state index contributed by atoms with van der Waals surface area (Å²) in [7, 11) is -1.23. The van der Waals surface area contributed by atoms with Crippen molar-refractivity contribution in [2.75, 3.05) is 39.0 Å². The number of likely N-dealkylation sites (N-methyl/N-ethyl adjacent to an activating group) is 1. The minimum absolute atomic E-state index is 0.0132. The predicted molar refractivity (Wildman–Crippen MR) is 84.0 cm³/mol. The van der Waals surface area contributed by atoms with Gasteiger partial charge in [0.1, 0.15) is 12.4 Å². The van der Waals surface area contributed by atoms with E-state index in [1.165, 1.54) is 0 Å². The molecule has 0 radical (unpaired) electrons. The number of ether oxygens (including phenoxy) is 1. The first kappa shape index (κ1) is 16.3. The summed E-state index contributed by atoms with van der Waals surface area (Å²) >= 11 is 0. The maximum atomic E-state index is 12.5. The van der Waals surface area contributed by atoms with E-state index in [0.29, 0.717) is 12.3 Å². The van der Waals surface area contributed by atoms with Crippen LogP contribution in [0.4, 0.5) is 0 Å². The minimum atomic E-state index is -3.27. The van der Waals surface area contributed by atoms with Gasteiger partial charge in [-0.2, -0.15) is 4.31 Å². The molecule has 1 unspecified atom stereocenters. The smallest absolute Gasteiger partial charge is 0.217 e. The van der Waals surface area contributed by atoms with Crippen LogP contribution in [-0.2, 0) is 10.0 Å². The second-order valence-electron chi connectivity index (χ2n) is 5.55. The Labute approximate surface area is 127 Å². The number of benzene rings is 1. The van der Waals surface area contributed by atoms with Gasteiger partial charge < -0.3 is 9.64 Å². The highest BCUT2D eigenvalue weighted by atomic mass is 32.2. The summed E-state index contributed by atoms with van der Waals surface area (Å²) in [5, 5.41) is 0. The maximum Gasteiger partial charge on any atom is 0.217 e. The molecule has 1 aliphatic rings. The second-order valence-corrected chi connectivity index (χ2v) is 7.59. The lowest BCUT2D eigenvalue weighted by molar-refractivity contribution is 0.286. The normalized spacial score (nSPS) is 21.9. The van der Waals surface area contributed by atoms with Gasteiger partial charge in [-0.3, -0.25) is 0 Å². The molecule has 1 aromatic rings. The number of hydrogen-bond acceptors (Lipinski definition) is 4. The molecule has 1 atom stereocenters. The molecule has 0 aromatic heterocycles. The fourth-order valence-corrected chi connectivity index (χ4v) is 4.21. The Morgan fingerprint density at radius 2 is 1.95 bits per heavy atom. The monoisotopic (exact) mass is 312 g/mol. The van der Waals surface area contributed by atoms with E-state index in [-0.39, 0.29) is 18.4 Å². The summed E-state index contributed by atoms with van der Waals surface area (Å²) in [5.41, 5.74) is 0. The van der Waals surface area contributed by atoms with Gasteiger partial charge in [0, 0.05) is 19.1 Å². The van der Waals surface area contributed by atoms with Crippen molar-refractivity contribution >= 4 is 10.0 Å². The summed E-state index contributed by atoms with van der Waals surface area (Å²) in [5.74, 6) is 0.729. The van der Waals surface area contributed by atoms with Gasteiger partial charge in [0.25, 0.3) is 0 Å². The molecule has 6 heteroatoms. The lowest BCUT2D eigenvalue weighted by atomic mass is 10.3. The van der Waals surface area contributed by atoms with Gasteiger partial charge in [0.15, 0.2) is 0 Å². The van der Waals surface area contributed by atoms with Crippen LogP contribution in [0.5, 0.6) is 5.75 Å². The number of para-hydroxylation sites is 1. The van der Waals surface area contributed by atoms with Crippen molar-refractivity contribution in [1.29, 1.82) is 0 Å². The average molecular weight is 312 g/mol. The van der Waals surface area contributed by atoms with Crippen molar-refractivity contribution in [3.8, 4) is 5.75 Å². The van der Waals surface area contributed by atoms with Crippen LogP contribution >= 0.6 is 0 Å². The van der Waals surface area contributed by atoms with Crippen molar-refractivity contribution in [1.82, 2.24) is 9.21 Å². The molecule has 1 fully saturated rings. The molecule has 0 amide bonds. The molecule has 1 aromatic carbocycles. The quantitative estimate of drug-likeness (QED) is 0.825. The molecule has 0 saturated carbocycles. The van der Waals surface area contributed by atoms with E-state index in [2.05, 4.69) is 4.90 Å². The van der Waals surface area contributed by atoms with Gasteiger partial charge in [-0.15, -0.1) is 0 Å². The average Bonchev–Trinajstić information content (AvgIpc) is 2.60. The predicted octanol–water partition coefficient (Wildman–Crippen LogP) is 1.42. The zero-order chi connectivity index (χ0) is 15.3. The largest absolute Gasteiger partial charge is 0.492 e. The third kappa shape index (κ3) is 4.69. The maximum absolute atomic E-state index is 12.5. The summed E-state index contributed by atoms with van der Waals surface area (Å²) in [4.78, 5) is 2.18. The zero-order valence-electron chi connectivity index (χ0n) is 12.7. The molecule has 118 valence electrons. The standard InChI is InChI=1S/C15H24N2O3S/c1-14-13-16(2)9-6-10-17(14)21(18,19)12-11-20-15-7-4-3-5-8-15/h3-5,7-8,14H,6,9-13H2,1-2H3. The van der Waals surface area contributed by atoms with Crippen molar-refractivity contribution in [2.24, 2.45) is 0 Å². The number of sulfonamides is 1. The Kier molecular flexibility index (Phi) is 5.61. The lowest BCUT2D eigenvalue weighted by Crippen LogP contribution is -2.43.